The van der Waals surface area contributed by atoms with Crippen LogP contribution >= 0.6 is 0 Å². The highest BCUT2D eigenvalue weighted by molar-refractivity contribution is 5.78. The molecule has 0 aromatic heterocycles. The van der Waals surface area contributed by atoms with Crippen LogP contribution in [0.3, 0.4) is 0 Å². The summed E-state index contributed by atoms with van der Waals surface area (Å²) >= 11 is 0. The molecule has 1 aromatic rings. The van der Waals surface area contributed by atoms with Crippen molar-refractivity contribution in [3.63, 3.8) is 0 Å². The fourth-order valence-electron chi connectivity index (χ4n) is 4.47. The van der Waals surface area contributed by atoms with Crippen molar-refractivity contribution in [2.24, 2.45) is 5.73 Å². The van der Waals surface area contributed by atoms with Gasteiger partial charge in [0.25, 0.3) is 0 Å². The van der Waals surface area contributed by atoms with E-state index in [1.165, 1.54) is 5.56 Å². The lowest BCUT2D eigenvalue weighted by molar-refractivity contribution is -0.133. The first kappa shape index (κ1) is 22.6. The first-order valence-corrected chi connectivity index (χ1v) is 11.0. The number of primary amides is 1. The molecule has 0 unspecified atom stereocenters. The van der Waals surface area contributed by atoms with Crippen LogP contribution < -0.4 is 5.73 Å². The zero-order valence-corrected chi connectivity index (χ0v) is 18.6. The van der Waals surface area contributed by atoms with Gasteiger partial charge in [0.1, 0.15) is 5.60 Å². The maximum Gasteiger partial charge on any atom is 0.405 e. The Morgan fingerprint density at radius 2 is 1.63 bits per heavy atom. The topological polar surface area (TPSA) is 79.1 Å². The third-order valence-electron chi connectivity index (χ3n) is 6.26. The molecule has 7 heteroatoms. The van der Waals surface area contributed by atoms with Gasteiger partial charge in [-0.3, -0.25) is 9.69 Å². The summed E-state index contributed by atoms with van der Waals surface area (Å²) in [6, 6.07) is 8.54. The van der Waals surface area contributed by atoms with E-state index >= 15 is 0 Å². The number of rotatable bonds is 6. The summed E-state index contributed by atoms with van der Waals surface area (Å²) in [4.78, 5) is 30.3. The number of likely N-dealkylation sites (tertiary alicyclic amines) is 1. The number of nitrogens with two attached hydrogens (primary N) is 1. The average Bonchev–Trinajstić information content (AvgIpc) is 2.69. The highest BCUT2D eigenvalue weighted by Crippen LogP contribution is 2.29. The normalized spacial score (nSPS) is 19.6. The van der Waals surface area contributed by atoms with E-state index in [2.05, 4.69) is 41.1 Å². The van der Waals surface area contributed by atoms with Gasteiger partial charge in [0.15, 0.2) is 0 Å². The molecule has 166 valence electrons. The van der Waals surface area contributed by atoms with Crippen molar-refractivity contribution in [1.82, 2.24) is 14.7 Å². The van der Waals surface area contributed by atoms with Gasteiger partial charge in [-0.2, -0.15) is 0 Å². The van der Waals surface area contributed by atoms with Crippen LogP contribution in [0.15, 0.2) is 24.3 Å². The third-order valence-corrected chi connectivity index (χ3v) is 6.26. The molecule has 0 spiro atoms. The molecule has 1 aromatic carbocycles. The van der Waals surface area contributed by atoms with Gasteiger partial charge in [-0.1, -0.05) is 24.3 Å². The van der Waals surface area contributed by atoms with Gasteiger partial charge in [-0.25, -0.2) is 4.79 Å². The van der Waals surface area contributed by atoms with E-state index in [9.17, 15) is 9.59 Å². The molecule has 2 saturated heterocycles. The minimum absolute atomic E-state index is 0.269. The molecular weight excluding hydrogens is 380 g/mol. The molecule has 0 radical (unpaired) electrons. The number of carbonyl (C=O) groups excluding carboxylic acids is 2. The maximum atomic E-state index is 12.7. The van der Waals surface area contributed by atoms with Gasteiger partial charge in [0.2, 0.25) is 5.91 Å². The van der Waals surface area contributed by atoms with Crippen molar-refractivity contribution in [3.8, 4) is 0 Å². The van der Waals surface area contributed by atoms with Gasteiger partial charge in [0.05, 0.1) is 6.54 Å². The highest BCUT2D eigenvalue weighted by atomic mass is 16.6. The molecule has 2 aliphatic rings. The Kier molecular flexibility index (Phi) is 7.36. The van der Waals surface area contributed by atoms with E-state index in [-0.39, 0.29) is 5.91 Å². The number of amides is 2. The standard InChI is InChI=1S/C23H36N4O3/c1-23(2,30-22(24)29)16-18-4-6-19(7-5-18)20-8-10-27(11-9-20)21(28)17-26-14-12-25(3)13-15-26/h4-7,20H,8-17H2,1-3H3,(H2,24,29). The van der Waals surface area contributed by atoms with Crippen LogP contribution in [0, 0.1) is 0 Å². The Hall–Kier alpha value is -2.12. The number of hydrogen-bond acceptors (Lipinski definition) is 5. The average molecular weight is 417 g/mol. The van der Waals surface area contributed by atoms with E-state index in [1.54, 1.807) is 0 Å². The maximum absolute atomic E-state index is 12.7. The van der Waals surface area contributed by atoms with Crippen molar-refractivity contribution in [1.29, 1.82) is 0 Å². The van der Waals surface area contributed by atoms with Crippen LogP contribution in [0.25, 0.3) is 0 Å². The fourth-order valence-corrected chi connectivity index (χ4v) is 4.47. The molecule has 7 nitrogen and oxygen atoms in total. The lowest BCUT2D eigenvalue weighted by Crippen LogP contribution is -2.50. The number of benzene rings is 1. The Balaban J connectivity index is 1.46. The highest BCUT2D eigenvalue weighted by Gasteiger charge is 2.26. The second kappa shape index (κ2) is 9.79. The van der Waals surface area contributed by atoms with Gasteiger partial charge in [-0.15, -0.1) is 0 Å². The molecular formula is C23H36N4O3. The van der Waals surface area contributed by atoms with Crippen LogP contribution in [-0.4, -0.2) is 85.2 Å². The first-order valence-electron chi connectivity index (χ1n) is 11.0. The summed E-state index contributed by atoms with van der Waals surface area (Å²) in [5, 5.41) is 0. The Bertz CT molecular complexity index is 718. The predicted molar refractivity (Wildman–Crippen MR) is 117 cm³/mol. The molecule has 2 heterocycles. The number of piperidine rings is 1. The van der Waals surface area contributed by atoms with Crippen molar-refractivity contribution < 1.29 is 14.3 Å². The van der Waals surface area contributed by atoms with Gasteiger partial charge in [-0.05, 0) is 50.8 Å². The summed E-state index contributed by atoms with van der Waals surface area (Å²) < 4.78 is 5.18. The summed E-state index contributed by atoms with van der Waals surface area (Å²) in [5.74, 6) is 0.756. The molecule has 0 aliphatic carbocycles. The number of nitrogens with zero attached hydrogens (tertiary/aromatic N) is 3. The van der Waals surface area contributed by atoms with Crippen LogP contribution in [0.2, 0.25) is 0 Å². The number of likely N-dealkylation sites (N-methyl/N-ethyl adjacent to an activating group) is 1. The second-order valence-corrected chi connectivity index (χ2v) is 9.33. The second-order valence-electron chi connectivity index (χ2n) is 9.33. The molecule has 0 atom stereocenters. The summed E-state index contributed by atoms with van der Waals surface area (Å²) in [7, 11) is 2.13. The zero-order chi connectivity index (χ0) is 21.7. The van der Waals surface area contributed by atoms with E-state index in [0.717, 1.165) is 57.7 Å². The van der Waals surface area contributed by atoms with E-state index in [1.807, 2.05) is 18.7 Å². The molecule has 0 saturated carbocycles. The molecule has 2 amide bonds. The Labute approximate surface area is 180 Å². The summed E-state index contributed by atoms with van der Waals surface area (Å²) in [6.45, 7) is 9.97. The number of ether oxygens (including phenoxy) is 1. The van der Waals surface area contributed by atoms with E-state index < -0.39 is 11.7 Å². The molecule has 0 bridgehead atoms. The lowest BCUT2D eigenvalue weighted by Gasteiger charge is -2.36. The first-order chi connectivity index (χ1) is 14.2. The molecule has 2 fully saturated rings. The molecule has 30 heavy (non-hydrogen) atoms. The minimum atomic E-state index is -0.745. The Morgan fingerprint density at radius 1 is 1.03 bits per heavy atom. The van der Waals surface area contributed by atoms with Crippen LogP contribution in [-0.2, 0) is 16.0 Å². The quantitative estimate of drug-likeness (QED) is 0.768. The van der Waals surface area contributed by atoms with Gasteiger partial charge < -0.3 is 20.3 Å². The van der Waals surface area contributed by atoms with Crippen LogP contribution in [0.1, 0.15) is 43.7 Å². The molecule has 2 N–H and O–H groups in total. The zero-order valence-electron chi connectivity index (χ0n) is 18.6. The van der Waals surface area contributed by atoms with Gasteiger partial charge in [0, 0.05) is 45.7 Å². The van der Waals surface area contributed by atoms with Crippen molar-refractivity contribution >= 4 is 12.0 Å². The number of hydrogen-bond donors (Lipinski definition) is 1. The Morgan fingerprint density at radius 3 is 2.20 bits per heavy atom. The monoisotopic (exact) mass is 416 g/mol. The van der Waals surface area contributed by atoms with E-state index in [0.29, 0.717) is 18.9 Å². The van der Waals surface area contributed by atoms with Crippen molar-refractivity contribution in [2.45, 2.75) is 44.6 Å². The number of piperazine rings is 1. The summed E-state index contributed by atoms with van der Waals surface area (Å²) in [5.41, 5.74) is 6.96. The largest absolute Gasteiger partial charge is 0.443 e. The van der Waals surface area contributed by atoms with Crippen LogP contribution in [0.5, 0.6) is 0 Å². The van der Waals surface area contributed by atoms with Gasteiger partial charge >= 0.3 is 6.09 Å². The lowest BCUT2D eigenvalue weighted by atomic mass is 9.88. The number of carbonyl (C=O) groups is 2. The van der Waals surface area contributed by atoms with E-state index in [4.69, 9.17) is 10.5 Å². The fraction of sp³-hybridized carbons (Fsp3) is 0.652. The third kappa shape index (κ3) is 6.44. The predicted octanol–water partition coefficient (Wildman–Crippen LogP) is 2.06. The minimum Gasteiger partial charge on any atom is -0.443 e. The molecule has 3 rings (SSSR count). The van der Waals surface area contributed by atoms with Crippen molar-refractivity contribution in [2.75, 3.05) is 52.9 Å². The SMILES string of the molecule is CN1CCN(CC(=O)N2CCC(c3ccc(CC(C)(C)OC(N)=O)cc3)CC2)CC1. The smallest absolute Gasteiger partial charge is 0.405 e. The molecule has 2 aliphatic heterocycles. The van der Waals surface area contributed by atoms with Crippen molar-refractivity contribution in [3.05, 3.63) is 35.4 Å². The van der Waals surface area contributed by atoms with Crippen LogP contribution in [0.4, 0.5) is 4.79 Å². The summed E-state index contributed by atoms with van der Waals surface area (Å²) in [6.07, 6.45) is 1.88.